The Labute approximate surface area is 163 Å². The number of nitrogens with two attached hydrogens (primary N) is 1. The summed E-state index contributed by atoms with van der Waals surface area (Å²) < 4.78 is 6.12. The zero-order valence-electron chi connectivity index (χ0n) is 16.7. The largest absolute Gasteiger partial charge is 0.378 e. The normalized spacial score (nSPS) is 24.7. The van der Waals surface area contributed by atoms with Crippen molar-refractivity contribution in [3.05, 3.63) is 57.8 Å². The Bertz CT molecular complexity index is 664. The molecule has 1 aliphatic rings. The molecule has 0 aliphatic carbocycles. The lowest BCUT2D eigenvalue weighted by Crippen LogP contribution is -2.85. The van der Waals surface area contributed by atoms with Crippen LogP contribution < -0.4 is 5.32 Å². The molecule has 142 valence electrons. The summed E-state index contributed by atoms with van der Waals surface area (Å²) in [6, 6.07) is 14.2. The van der Waals surface area contributed by atoms with Gasteiger partial charge in [-0.2, -0.15) is 0 Å². The van der Waals surface area contributed by atoms with Gasteiger partial charge in [0.2, 0.25) is 0 Å². The van der Waals surface area contributed by atoms with E-state index in [9.17, 15) is 0 Å². The van der Waals surface area contributed by atoms with Crippen LogP contribution in [0.25, 0.3) is 0 Å². The van der Waals surface area contributed by atoms with Crippen molar-refractivity contribution in [1.29, 1.82) is 0 Å². The molecule has 26 heavy (non-hydrogen) atoms. The van der Waals surface area contributed by atoms with Crippen LogP contribution in [0.3, 0.4) is 0 Å². The van der Waals surface area contributed by atoms with Crippen molar-refractivity contribution in [3.8, 4) is 0 Å². The highest BCUT2D eigenvalue weighted by molar-refractivity contribution is 7.10. The minimum absolute atomic E-state index is 0.257. The van der Waals surface area contributed by atoms with Gasteiger partial charge in [-0.05, 0) is 49.6 Å². The third-order valence-electron chi connectivity index (χ3n) is 6.05. The third kappa shape index (κ3) is 4.57. The topological polar surface area (TPSA) is 25.8 Å². The van der Waals surface area contributed by atoms with E-state index in [0.717, 1.165) is 26.0 Å². The van der Waals surface area contributed by atoms with Crippen molar-refractivity contribution in [1.82, 2.24) is 0 Å². The Morgan fingerprint density at radius 1 is 1.19 bits per heavy atom. The summed E-state index contributed by atoms with van der Waals surface area (Å²) in [6.07, 6.45) is 3.88. The SMILES string of the molecule is Cc1ccc([C@@]2(CC[NH2+][C@@H](C)c3cccs3)CCO[C@H](C(C)C)C2)cc1. The number of rotatable bonds is 7. The van der Waals surface area contributed by atoms with Crippen LogP contribution in [0.2, 0.25) is 0 Å². The molecule has 2 nitrogen and oxygen atoms in total. The van der Waals surface area contributed by atoms with Gasteiger partial charge in [0.05, 0.1) is 17.5 Å². The van der Waals surface area contributed by atoms with Gasteiger partial charge in [-0.25, -0.2) is 0 Å². The fourth-order valence-electron chi connectivity index (χ4n) is 4.20. The molecular weight excluding hydrogens is 338 g/mol. The first-order chi connectivity index (χ1) is 12.5. The quantitative estimate of drug-likeness (QED) is 0.739. The number of benzene rings is 1. The molecule has 1 aromatic carbocycles. The Balaban J connectivity index is 1.73. The molecule has 2 N–H and O–H groups in total. The van der Waals surface area contributed by atoms with Crippen LogP contribution in [0.4, 0.5) is 0 Å². The van der Waals surface area contributed by atoms with Crippen molar-refractivity contribution in [2.75, 3.05) is 13.2 Å². The molecule has 1 aromatic heterocycles. The lowest BCUT2D eigenvalue weighted by atomic mass is 9.68. The number of ether oxygens (including phenoxy) is 1. The number of thiophene rings is 1. The zero-order chi connectivity index (χ0) is 18.6. The van der Waals surface area contributed by atoms with Crippen molar-refractivity contribution < 1.29 is 10.1 Å². The number of hydrogen-bond donors (Lipinski definition) is 1. The minimum Gasteiger partial charge on any atom is -0.378 e. The molecule has 3 rings (SSSR count). The molecule has 3 atom stereocenters. The molecule has 0 amide bonds. The molecule has 0 spiro atoms. The molecular formula is C23H34NOS+. The van der Waals surface area contributed by atoms with Gasteiger partial charge in [0.25, 0.3) is 0 Å². The Morgan fingerprint density at radius 2 is 1.96 bits per heavy atom. The smallest absolute Gasteiger partial charge is 0.118 e. The number of hydrogen-bond acceptors (Lipinski definition) is 2. The monoisotopic (exact) mass is 372 g/mol. The van der Waals surface area contributed by atoms with Crippen LogP contribution in [-0.4, -0.2) is 19.3 Å². The molecule has 3 heteroatoms. The second kappa shape index (κ2) is 8.69. The molecule has 0 unspecified atom stereocenters. The van der Waals surface area contributed by atoms with Crippen LogP contribution in [0, 0.1) is 12.8 Å². The van der Waals surface area contributed by atoms with Gasteiger partial charge in [-0.15, -0.1) is 11.3 Å². The van der Waals surface area contributed by atoms with Crippen molar-refractivity contribution in [3.63, 3.8) is 0 Å². The predicted octanol–water partition coefficient (Wildman–Crippen LogP) is 4.84. The fourth-order valence-corrected chi connectivity index (χ4v) is 4.98. The van der Waals surface area contributed by atoms with E-state index < -0.39 is 0 Å². The van der Waals surface area contributed by atoms with Gasteiger partial charge in [0.15, 0.2) is 0 Å². The van der Waals surface area contributed by atoms with Crippen LogP contribution in [-0.2, 0) is 10.2 Å². The molecule has 0 bridgehead atoms. The second-order valence-corrected chi connectivity index (χ2v) is 9.31. The summed E-state index contributed by atoms with van der Waals surface area (Å²) in [6.45, 7) is 11.1. The standard InChI is InChI=1S/C23H33NOS/c1-17(2)21-16-23(12-14-25-21,20-9-7-18(3)8-10-20)11-13-24-19(4)22-6-5-15-26-22/h5-10,15,17,19,21,24H,11-14,16H2,1-4H3/p+1/t19-,21-,23-/m0/s1. The Kier molecular flexibility index (Phi) is 6.55. The van der Waals surface area contributed by atoms with Crippen LogP contribution in [0.15, 0.2) is 41.8 Å². The number of aryl methyl sites for hydroxylation is 1. The lowest BCUT2D eigenvalue weighted by Gasteiger charge is -2.42. The van der Waals surface area contributed by atoms with Crippen molar-refractivity contribution >= 4 is 11.3 Å². The summed E-state index contributed by atoms with van der Waals surface area (Å²) in [4.78, 5) is 1.47. The summed E-state index contributed by atoms with van der Waals surface area (Å²) in [5, 5.41) is 4.70. The lowest BCUT2D eigenvalue weighted by molar-refractivity contribution is -0.693. The highest BCUT2D eigenvalue weighted by atomic mass is 32.1. The van der Waals surface area contributed by atoms with Gasteiger partial charge in [0, 0.05) is 18.4 Å². The molecule has 1 fully saturated rings. The molecule has 0 saturated carbocycles. The maximum Gasteiger partial charge on any atom is 0.118 e. The summed E-state index contributed by atoms with van der Waals surface area (Å²) in [7, 11) is 0. The van der Waals surface area contributed by atoms with E-state index in [1.807, 2.05) is 11.3 Å². The highest BCUT2D eigenvalue weighted by Gasteiger charge is 2.39. The maximum atomic E-state index is 6.12. The molecule has 0 radical (unpaired) electrons. The van der Waals surface area contributed by atoms with E-state index in [2.05, 4.69) is 74.8 Å². The van der Waals surface area contributed by atoms with Gasteiger partial charge in [0.1, 0.15) is 6.04 Å². The van der Waals surface area contributed by atoms with Crippen LogP contribution in [0.5, 0.6) is 0 Å². The van der Waals surface area contributed by atoms with Gasteiger partial charge in [-0.1, -0.05) is 49.7 Å². The average molecular weight is 373 g/mol. The Hall–Kier alpha value is -1.16. The Morgan fingerprint density at radius 3 is 2.62 bits per heavy atom. The molecule has 1 saturated heterocycles. The van der Waals surface area contributed by atoms with Gasteiger partial charge < -0.3 is 10.1 Å². The van der Waals surface area contributed by atoms with Crippen LogP contribution >= 0.6 is 11.3 Å². The average Bonchev–Trinajstić information content (AvgIpc) is 3.17. The van der Waals surface area contributed by atoms with E-state index in [-0.39, 0.29) is 5.41 Å². The van der Waals surface area contributed by atoms with E-state index in [1.165, 1.54) is 22.4 Å². The fraction of sp³-hybridized carbons (Fsp3) is 0.565. The first-order valence-electron chi connectivity index (χ1n) is 10.1. The molecule has 1 aliphatic heterocycles. The summed E-state index contributed by atoms with van der Waals surface area (Å²) in [5.74, 6) is 0.578. The molecule has 2 aromatic rings. The first-order valence-corrected chi connectivity index (χ1v) is 10.9. The molecule has 2 heterocycles. The minimum atomic E-state index is 0.257. The van der Waals surface area contributed by atoms with E-state index >= 15 is 0 Å². The van der Waals surface area contributed by atoms with Gasteiger partial charge >= 0.3 is 0 Å². The first kappa shape index (κ1) is 19.6. The second-order valence-electron chi connectivity index (χ2n) is 8.33. The predicted molar refractivity (Wildman–Crippen MR) is 111 cm³/mol. The summed E-state index contributed by atoms with van der Waals surface area (Å²) in [5.41, 5.74) is 3.11. The van der Waals surface area contributed by atoms with Crippen molar-refractivity contribution in [2.45, 2.75) is 64.5 Å². The number of quaternary nitrogens is 1. The van der Waals surface area contributed by atoms with E-state index in [0.29, 0.717) is 18.1 Å². The van der Waals surface area contributed by atoms with Crippen LogP contribution in [0.1, 0.15) is 62.1 Å². The summed E-state index contributed by atoms with van der Waals surface area (Å²) >= 11 is 1.87. The van der Waals surface area contributed by atoms with Gasteiger partial charge in [-0.3, -0.25) is 0 Å². The maximum absolute atomic E-state index is 6.12. The zero-order valence-corrected chi connectivity index (χ0v) is 17.5. The van der Waals surface area contributed by atoms with Crippen molar-refractivity contribution in [2.24, 2.45) is 5.92 Å². The highest BCUT2D eigenvalue weighted by Crippen LogP contribution is 2.41. The third-order valence-corrected chi connectivity index (χ3v) is 7.12. The van der Waals surface area contributed by atoms with E-state index in [4.69, 9.17) is 4.74 Å². The van der Waals surface area contributed by atoms with E-state index in [1.54, 1.807) is 0 Å².